The maximum absolute atomic E-state index is 13.3. The van der Waals surface area contributed by atoms with Gasteiger partial charge in [0.25, 0.3) is 0 Å². The van der Waals surface area contributed by atoms with Crippen LogP contribution in [0.25, 0.3) is 5.57 Å². The first kappa shape index (κ1) is 24.5. The van der Waals surface area contributed by atoms with Gasteiger partial charge in [-0.15, -0.1) is 5.54 Å². The van der Waals surface area contributed by atoms with Gasteiger partial charge in [-0.1, -0.05) is 62.0 Å². The summed E-state index contributed by atoms with van der Waals surface area (Å²) >= 11 is 0. The summed E-state index contributed by atoms with van der Waals surface area (Å²) in [7, 11) is -0.204. The van der Waals surface area contributed by atoms with Gasteiger partial charge in [0.15, 0.2) is 0 Å². The Kier molecular flexibility index (Phi) is 8.23. The van der Waals surface area contributed by atoms with Crippen LogP contribution in [0.1, 0.15) is 5.56 Å². The van der Waals surface area contributed by atoms with Crippen LogP contribution in [0.2, 0.25) is 19.6 Å². The number of benzene rings is 2. The van der Waals surface area contributed by atoms with Crippen molar-refractivity contribution in [2.75, 3.05) is 25.4 Å². The molecule has 0 radical (unpaired) electrons. The number of fused-ring (bicyclic) bond motifs is 1. The molecule has 0 aromatic heterocycles. The lowest BCUT2D eigenvalue weighted by molar-refractivity contribution is -0.112. The maximum atomic E-state index is 13.3. The minimum atomic E-state index is -1.73. The number of methoxy groups -OCH3 is 1. The summed E-state index contributed by atoms with van der Waals surface area (Å²) in [5.41, 5.74) is 5.54. The summed E-state index contributed by atoms with van der Waals surface area (Å²) in [6.07, 6.45) is 2.20. The largest absolute Gasteiger partial charge is 0.421 e. The van der Waals surface area contributed by atoms with Crippen LogP contribution in [0.4, 0.5) is 10.5 Å². The summed E-state index contributed by atoms with van der Waals surface area (Å²) in [6, 6.07) is 15.8. The molecule has 1 aliphatic heterocycles. The van der Waals surface area contributed by atoms with Crippen LogP contribution in [0.15, 0.2) is 60.7 Å². The highest BCUT2D eigenvalue weighted by molar-refractivity contribution is 6.83. The first-order valence-electron chi connectivity index (χ1n) is 10.8. The number of amides is 1. The number of para-hydroxylation sites is 2. The van der Waals surface area contributed by atoms with Crippen LogP contribution >= 0.6 is 0 Å². The van der Waals surface area contributed by atoms with E-state index in [4.69, 9.17) is 14.2 Å². The lowest BCUT2D eigenvalue weighted by atomic mass is 9.87. The Hall–Kier alpha value is -3.18. The maximum Gasteiger partial charge on any atom is 0.421 e. The lowest BCUT2D eigenvalue weighted by Gasteiger charge is -2.34. The van der Waals surface area contributed by atoms with Gasteiger partial charge in [-0.2, -0.15) is 0 Å². The summed E-state index contributed by atoms with van der Waals surface area (Å²) < 4.78 is 16.1. The molecular formula is C26H29NO5Si. The number of rotatable bonds is 7. The number of hydrogen-bond acceptors (Lipinski definition) is 5. The number of carbonyl (C=O) groups excluding carboxylic acids is 2. The van der Waals surface area contributed by atoms with Crippen LogP contribution in [0, 0.1) is 17.4 Å². The average Bonchev–Trinajstić information content (AvgIpc) is 2.80. The molecule has 0 N–H and O–H groups in total. The van der Waals surface area contributed by atoms with Crippen molar-refractivity contribution >= 4 is 31.7 Å². The Labute approximate surface area is 196 Å². The molecule has 172 valence electrons. The molecule has 0 fully saturated rings. The second kappa shape index (κ2) is 11.1. The minimum absolute atomic E-state index is 0.0909. The molecule has 1 amide bonds. The second-order valence-corrected chi connectivity index (χ2v) is 13.4. The van der Waals surface area contributed by atoms with Crippen LogP contribution < -0.4 is 9.64 Å². The van der Waals surface area contributed by atoms with Crippen LogP contribution in [0.5, 0.6) is 5.75 Å². The summed E-state index contributed by atoms with van der Waals surface area (Å²) in [6.45, 7) is 6.68. The zero-order valence-electron chi connectivity index (χ0n) is 19.4. The van der Waals surface area contributed by atoms with Crippen molar-refractivity contribution in [3.63, 3.8) is 0 Å². The van der Waals surface area contributed by atoms with Gasteiger partial charge in [-0.25, -0.2) is 4.79 Å². The Morgan fingerprint density at radius 3 is 2.48 bits per heavy atom. The monoisotopic (exact) mass is 463 g/mol. The third-order valence-electron chi connectivity index (χ3n) is 4.89. The van der Waals surface area contributed by atoms with Crippen molar-refractivity contribution in [2.24, 2.45) is 5.92 Å². The fourth-order valence-corrected chi connectivity index (χ4v) is 4.02. The van der Waals surface area contributed by atoms with Crippen LogP contribution in [-0.4, -0.2) is 47.0 Å². The van der Waals surface area contributed by atoms with Crippen molar-refractivity contribution in [2.45, 2.75) is 25.7 Å². The number of ether oxygens (including phenoxy) is 3. The van der Waals surface area contributed by atoms with Gasteiger partial charge in [0.05, 0.1) is 18.2 Å². The fraction of sp³-hybridized carbons (Fsp3) is 0.308. The molecule has 1 heterocycles. The molecule has 3 rings (SSSR count). The molecule has 0 bridgehead atoms. The van der Waals surface area contributed by atoms with Gasteiger partial charge in [0.2, 0.25) is 0 Å². The van der Waals surface area contributed by atoms with E-state index in [1.54, 1.807) is 17.0 Å². The predicted octanol–water partition coefficient (Wildman–Crippen LogP) is 4.77. The average molecular weight is 464 g/mol. The molecule has 6 nitrogen and oxygen atoms in total. The molecule has 33 heavy (non-hydrogen) atoms. The van der Waals surface area contributed by atoms with E-state index in [0.29, 0.717) is 11.4 Å². The molecule has 1 aliphatic rings. The SMILES string of the molecule is COCOC[C@H](C=O)C1=C[C@H](C#C[Si](C)(C)C)N(C(=O)Oc2ccccc2)c2ccccc21. The van der Waals surface area contributed by atoms with Gasteiger partial charge in [0, 0.05) is 12.7 Å². The third-order valence-corrected chi connectivity index (χ3v) is 5.79. The topological polar surface area (TPSA) is 65.1 Å². The summed E-state index contributed by atoms with van der Waals surface area (Å²) in [5, 5.41) is 0. The molecule has 0 spiro atoms. The lowest BCUT2D eigenvalue weighted by Crippen LogP contribution is -2.44. The van der Waals surface area contributed by atoms with Gasteiger partial charge in [-0.3, -0.25) is 4.90 Å². The van der Waals surface area contributed by atoms with Crippen molar-refractivity contribution in [1.82, 2.24) is 0 Å². The second-order valence-electron chi connectivity index (χ2n) is 8.67. The third kappa shape index (κ3) is 6.42. The molecular weight excluding hydrogens is 434 g/mol. The van der Waals surface area contributed by atoms with Gasteiger partial charge in [-0.05, 0) is 29.8 Å². The van der Waals surface area contributed by atoms with Crippen molar-refractivity contribution in [3.8, 4) is 17.2 Å². The molecule has 2 aromatic rings. The number of anilines is 1. The Morgan fingerprint density at radius 1 is 1.12 bits per heavy atom. The molecule has 0 saturated heterocycles. The van der Waals surface area contributed by atoms with E-state index >= 15 is 0 Å². The summed E-state index contributed by atoms with van der Waals surface area (Å²) in [5.74, 6) is 3.20. The van der Waals surface area contributed by atoms with E-state index in [1.807, 2.05) is 48.5 Å². The molecule has 0 saturated carbocycles. The van der Waals surface area contributed by atoms with E-state index in [-0.39, 0.29) is 13.4 Å². The van der Waals surface area contributed by atoms with Crippen LogP contribution in [0.3, 0.4) is 0 Å². The normalized spacial score (nSPS) is 16.1. The smallest absolute Gasteiger partial charge is 0.410 e. The Bertz CT molecular complexity index is 1070. The van der Waals surface area contributed by atoms with E-state index < -0.39 is 26.1 Å². The standard InChI is InChI=1S/C26H29NO5Si/c1-30-19-31-18-20(17-28)24-16-21(14-15-33(2,3)4)27(25-13-9-8-12-23(24)25)26(29)32-22-10-6-5-7-11-22/h5-13,16-17,20-21H,18-19H2,1-4H3/t20-,21-/m0/s1. The molecule has 2 aromatic carbocycles. The van der Waals surface area contributed by atoms with Gasteiger partial charge < -0.3 is 19.0 Å². The fourth-order valence-electron chi connectivity index (χ4n) is 3.44. The molecule has 0 unspecified atom stereocenters. The first-order chi connectivity index (χ1) is 15.8. The number of nitrogens with zero attached hydrogens (tertiary/aromatic N) is 1. The molecule has 0 aliphatic carbocycles. The highest BCUT2D eigenvalue weighted by Crippen LogP contribution is 2.38. The highest BCUT2D eigenvalue weighted by Gasteiger charge is 2.34. The first-order valence-corrected chi connectivity index (χ1v) is 14.3. The van der Waals surface area contributed by atoms with Gasteiger partial charge >= 0.3 is 6.09 Å². The van der Waals surface area contributed by atoms with E-state index in [2.05, 4.69) is 31.1 Å². The van der Waals surface area contributed by atoms with E-state index in [0.717, 1.165) is 17.4 Å². The minimum Gasteiger partial charge on any atom is -0.410 e. The number of hydrogen-bond donors (Lipinski definition) is 0. The van der Waals surface area contributed by atoms with E-state index in [9.17, 15) is 9.59 Å². The number of carbonyl (C=O) groups is 2. The van der Waals surface area contributed by atoms with E-state index in [1.165, 1.54) is 7.11 Å². The van der Waals surface area contributed by atoms with Crippen molar-refractivity contribution in [1.29, 1.82) is 0 Å². The van der Waals surface area contributed by atoms with Crippen LogP contribution in [-0.2, 0) is 14.3 Å². The number of aldehydes is 1. The molecule has 7 heteroatoms. The zero-order chi connectivity index (χ0) is 23.8. The Balaban J connectivity index is 2.06. The van der Waals surface area contributed by atoms with Crippen molar-refractivity contribution in [3.05, 3.63) is 66.2 Å². The van der Waals surface area contributed by atoms with Crippen molar-refractivity contribution < 1.29 is 23.8 Å². The Morgan fingerprint density at radius 2 is 1.82 bits per heavy atom. The highest BCUT2D eigenvalue weighted by atomic mass is 28.3. The zero-order valence-corrected chi connectivity index (χ0v) is 20.4. The predicted molar refractivity (Wildman–Crippen MR) is 132 cm³/mol. The molecule has 2 atom stereocenters. The van der Waals surface area contributed by atoms with Gasteiger partial charge in [0.1, 0.15) is 32.9 Å². The summed E-state index contributed by atoms with van der Waals surface area (Å²) in [4.78, 5) is 26.9. The quantitative estimate of drug-likeness (QED) is 0.195.